The summed E-state index contributed by atoms with van der Waals surface area (Å²) in [6, 6.07) is 15.4. The van der Waals surface area contributed by atoms with Gasteiger partial charge in [-0.1, -0.05) is 35.9 Å². The Balaban J connectivity index is 1.59. The second-order valence-electron chi connectivity index (χ2n) is 5.59. The van der Waals surface area contributed by atoms with Gasteiger partial charge in [0.1, 0.15) is 0 Å². The minimum Gasteiger partial charge on any atom is -0.326 e. The van der Waals surface area contributed by atoms with Gasteiger partial charge in [-0.15, -0.1) is 0 Å². The maximum Gasteiger partial charge on any atom is 0.224 e. The van der Waals surface area contributed by atoms with Crippen molar-refractivity contribution in [1.29, 1.82) is 0 Å². The van der Waals surface area contributed by atoms with Crippen LogP contribution in [0.3, 0.4) is 0 Å². The Bertz CT molecular complexity index is 843. The number of aromatic nitrogens is 2. The standard InChI is InChI=1S/C19H18ClN3O/c1-14-17(20)8-5-9-18(14)22-19(24)11-10-15-12-21-23(13-15)16-6-3-2-4-7-16/h2-9,12-13H,10-11H2,1H3,(H,22,24). The summed E-state index contributed by atoms with van der Waals surface area (Å²) < 4.78 is 1.81. The predicted molar refractivity (Wildman–Crippen MR) is 96.7 cm³/mol. The molecule has 5 heteroatoms. The van der Waals surface area contributed by atoms with Crippen LogP contribution in [0.4, 0.5) is 5.69 Å². The fourth-order valence-corrected chi connectivity index (χ4v) is 2.60. The lowest BCUT2D eigenvalue weighted by Gasteiger charge is -2.09. The van der Waals surface area contributed by atoms with Crippen LogP contribution in [0, 0.1) is 6.92 Å². The van der Waals surface area contributed by atoms with Crippen LogP contribution in [0.25, 0.3) is 5.69 Å². The molecule has 1 heterocycles. The molecule has 2 aromatic carbocycles. The molecule has 122 valence electrons. The van der Waals surface area contributed by atoms with Gasteiger partial charge in [-0.05, 0) is 48.7 Å². The van der Waals surface area contributed by atoms with Crippen LogP contribution < -0.4 is 5.32 Å². The van der Waals surface area contributed by atoms with E-state index in [9.17, 15) is 4.79 Å². The number of nitrogens with zero attached hydrogens (tertiary/aromatic N) is 2. The maximum absolute atomic E-state index is 12.1. The molecule has 3 rings (SSSR count). The van der Waals surface area contributed by atoms with Gasteiger partial charge in [-0.3, -0.25) is 4.79 Å². The van der Waals surface area contributed by atoms with Gasteiger partial charge in [0.15, 0.2) is 0 Å². The third kappa shape index (κ3) is 3.84. The molecule has 0 aliphatic heterocycles. The summed E-state index contributed by atoms with van der Waals surface area (Å²) in [5, 5.41) is 7.90. The summed E-state index contributed by atoms with van der Waals surface area (Å²) in [5.41, 5.74) is 3.66. The third-order valence-corrected chi connectivity index (χ3v) is 4.25. The second kappa shape index (κ2) is 7.32. The first-order chi connectivity index (χ1) is 11.6. The topological polar surface area (TPSA) is 46.9 Å². The summed E-state index contributed by atoms with van der Waals surface area (Å²) in [6.45, 7) is 1.89. The van der Waals surface area contributed by atoms with Crippen LogP contribution >= 0.6 is 11.6 Å². The zero-order valence-corrected chi connectivity index (χ0v) is 14.1. The van der Waals surface area contributed by atoms with Gasteiger partial charge in [0.25, 0.3) is 0 Å². The molecule has 0 aliphatic rings. The Hall–Kier alpha value is -2.59. The summed E-state index contributed by atoms with van der Waals surface area (Å²) >= 11 is 6.07. The largest absolute Gasteiger partial charge is 0.326 e. The molecule has 0 bridgehead atoms. The maximum atomic E-state index is 12.1. The molecular formula is C19H18ClN3O. The summed E-state index contributed by atoms with van der Waals surface area (Å²) in [6.07, 6.45) is 4.78. The Morgan fingerprint density at radius 2 is 1.96 bits per heavy atom. The highest BCUT2D eigenvalue weighted by Crippen LogP contribution is 2.23. The number of amides is 1. The molecule has 0 fully saturated rings. The zero-order valence-electron chi connectivity index (χ0n) is 13.4. The number of halogens is 1. The highest BCUT2D eigenvalue weighted by Gasteiger charge is 2.08. The van der Waals surface area contributed by atoms with Crippen molar-refractivity contribution in [2.24, 2.45) is 0 Å². The molecule has 0 saturated carbocycles. The van der Waals surface area contributed by atoms with E-state index in [0.29, 0.717) is 17.9 Å². The van der Waals surface area contributed by atoms with E-state index in [2.05, 4.69) is 10.4 Å². The minimum atomic E-state index is -0.0344. The first-order valence-electron chi connectivity index (χ1n) is 7.77. The van der Waals surface area contributed by atoms with Crippen LogP contribution in [0.5, 0.6) is 0 Å². The quantitative estimate of drug-likeness (QED) is 0.748. The fraction of sp³-hybridized carbons (Fsp3) is 0.158. The number of hydrogen-bond donors (Lipinski definition) is 1. The zero-order chi connectivity index (χ0) is 16.9. The van der Waals surface area contributed by atoms with E-state index in [1.807, 2.05) is 66.3 Å². The van der Waals surface area contributed by atoms with Crippen molar-refractivity contribution in [1.82, 2.24) is 9.78 Å². The smallest absolute Gasteiger partial charge is 0.224 e. The van der Waals surface area contributed by atoms with E-state index in [1.54, 1.807) is 6.20 Å². The first-order valence-corrected chi connectivity index (χ1v) is 8.15. The fourth-order valence-electron chi connectivity index (χ4n) is 2.42. The molecule has 1 amide bonds. The Morgan fingerprint density at radius 3 is 2.75 bits per heavy atom. The molecule has 4 nitrogen and oxygen atoms in total. The molecule has 0 spiro atoms. The number of para-hydroxylation sites is 1. The van der Waals surface area contributed by atoms with Gasteiger partial charge in [-0.2, -0.15) is 5.10 Å². The first kappa shape index (κ1) is 16.3. The van der Waals surface area contributed by atoms with Crippen molar-refractivity contribution in [2.75, 3.05) is 5.32 Å². The van der Waals surface area contributed by atoms with Crippen LogP contribution in [-0.4, -0.2) is 15.7 Å². The highest BCUT2D eigenvalue weighted by molar-refractivity contribution is 6.31. The van der Waals surface area contributed by atoms with E-state index >= 15 is 0 Å². The number of nitrogens with one attached hydrogen (secondary N) is 1. The third-order valence-electron chi connectivity index (χ3n) is 3.84. The number of rotatable bonds is 5. The van der Waals surface area contributed by atoms with Gasteiger partial charge < -0.3 is 5.32 Å². The monoisotopic (exact) mass is 339 g/mol. The molecule has 3 aromatic rings. The van der Waals surface area contributed by atoms with Gasteiger partial charge in [0, 0.05) is 23.3 Å². The normalized spacial score (nSPS) is 10.6. The average molecular weight is 340 g/mol. The van der Waals surface area contributed by atoms with Gasteiger partial charge in [0.05, 0.1) is 11.9 Å². The van der Waals surface area contributed by atoms with Gasteiger partial charge in [-0.25, -0.2) is 4.68 Å². The predicted octanol–water partition coefficient (Wildman–Crippen LogP) is 4.41. The molecule has 0 saturated heterocycles. The lowest BCUT2D eigenvalue weighted by Crippen LogP contribution is -2.13. The Morgan fingerprint density at radius 1 is 1.17 bits per heavy atom. The molecule has 24 heavy (non-hydrogen) atoms. The number of hydrogen-bond acceptors (Lipinski definition) is 2. The summed E-state index contributed by atoms with van der Waals surface area (Å²) in [7, 11) is 0. The second-order valence-corrected chi connectivity index (χ2v) is 6.00. The highest BCUT2D eigenvalue weighted by atomic mass is 35.5. The van der Waals surface area contributed by atoms with E-state index in [4.69, 9.17) is 11.6 Å². The summed E-state index contributed by atoms with van der Waals surface area (Å²) in [5.74, 6) is -0.0344. The van der Waals surface area contributed by atoms with E-state index < -0.39 is 0 Å². The molecule has 0 aliphatic carbocycles. The molecule has 0 radical (unpaired) electrons. The number of aryl methyl sites for hydroxylation is 1. The summed E-state index contributed by atoms with van der Waals surface area (Å²) in [4.78, 5) is 12.1. The van der Waals surface area contributed by atoms with Crippen molar-refractivity contribution in [3.8, 4) is 5.69 Å². The van der Waals surface area contributed by atoms with Crippen molar-refractivity contribution in [2.45, 2.75) is 19.8 Å². The van der Waals surface area contributed by atoms with Crippen LogP contribution in [0.1, 0.15) is 17.5 Å². The van der Waals surface area contributed by atoms with Crippen molar-refractivity contribution in [3.63, 3.8) is 0 Å². The number of benzene rings is 2. The molecular weight excluding hydrogens is 322 g/mol. The molecule has 0 atom stereocenters. The number of carbonyl (C=O) groups excluding carboxylic acids is 1. The van der Waals surface area contributed by atoms with E-state index in [1.165, 1.54) is 0 Å². The Kier molecular flexibility index (Phi) is 4.96. The van der Waals surface area contributed by atoms with Crippen molar-refractivity contribution in [3.05, 3.63) is 77.1 Å². The van der Waals surface area contributed by atoms with Crippen LogP contribution in [-0.2, 0) is 11.2 Å². The number of carbonyl (C=O) groups is 1. The SMILES string of the molecule is Cc1c(Cl)cccc1NC(=O)CCc1cnn(-c2ccccc2)c1. The molecule has 1 N–H and O–H groups in total. The van der Waals surface area contributed by atoms with Crippen molar-refractivity contribution < 1.29 is 4.79 Å². The average Bonchev–Trinajstić information content (AvgIpc) is 3.07. The molecule has 0 unspecified atom stereocenters. The number of anilines is 1. The van der Waals surface area contributed by atoms with E-state index in [0.717, 1.165) is 22.5 Å². The van der Waals surface area contributed by atoms with Gasteiger partial charge >= 0.3 is 0 Å². The van der Waals surface area contributed by atoms with Gasteiger partial charge in [0.2, 0.25) is 5.91 Å². The van der Waals surface area contributed by atoms with Crippen LogP contribution in [0.15, 0.2) is 60.9 Å². The lowest BCUT2D eigenvalue weighted by molar-refractivity contribution is -0.116. The van der Waals surface area contributed by atoms with E-state index in [-0.39, 0.29) is 5.91 Å². The molecule has 1 aromatic heterocycles. The minimum absolute atomic E-state index is 0.0344. The van der Waals surface area contributed by atoms with Crippen molar-refractivity contribution >= 4 is 23.2 Å². The Labute approximate surface area is 146 Å². The lowest BCUT2D eigenvalue weighted by atomic mass is 10.1. The van der Waals surface area contributed by atoms with Crippen LogP contribution in [0.2, 0.25) is 5.02 Å².